The van der Waals surface area contributed by atoms with Crippen LogP contribution in [0.2, 0.25) is 0 Å². The fraction of sp³-hybridized carbons (Fsp3) is 0.625. The van der Waals surface area contributed by atoms with Crippen molar-refractivity contribution >= 4 is 22.8 Å². The predicted molar refractivity (Wildman–Crippen MR) is 89.3 cm³/mol. The molecule has 0 bridgehead atoms. The first kappa shape index (κ1) is 15.7. The summed E-state index contributed by atoms with van der Waals surface area (Å²) in [6.45, 7) is 10.4. The predicted octanol–water partition coefficient (Wildman–Crippen LogP) is 1.36. The molecule has 0 N–H and O–H groups in total. The lowest BCUT2D eigenvalue weighted by atomic mass is 10.1. The summed E-state index contributed by atoms with van der Waals surface area (Å²) in [6.07, 6.45) is 1.78. The van der Waals surface area contributed by atoms with E-state index >= 15 is 0 Å². The maximum Gasteiger partial charge on any atom is 0.245 e. The van der Waals surface area contributed by atoms with Gasteiger partial charge in [0.2, 0.25) is 5.91 Å². The van der Waals surface area contributed by atoms with Crippen molar-refractivity contribution in [2.24, 2.45) is 13.0 Å². The van der Waals surface area contributed by atoms with Crippen LogP contribution in [-0.2, 0) is 11.8 Å². The summed E-state index contributed by atoms with van der Waals surface area (Å²) < 4.78 is 1.75. The molecule has 1 fully saturated rings. The van der Waals surface area contributed by atoms with Crippen LogP contribution in [0.4, 0.5) is 5.82 Å². The number of anilines is 1. The van der Waals surface area contributed by atoms with Gasteiger partial charge in [0.15, 0.2) is 5.65 Å². The number of carbonyl (C=O) groups is 1. The molecule has 7 nitrogen and oxygen atoms in total. The molecule has 2 aromatic rings. The Kier molecular flexibility index (Phi) is 3.95. The average molecular weight is 316 g/mol. The first-order valence-corrected chi connectivity index (χ1v) is 8.10. The van der Waals surface area contributed by atoms with Crippen molar-refractivity contribution in [1.82, 2.24) is 24.6 Å². The molecule has 3 heterocycles. The van der Waals surface area contributed by atoms with Gasteiger partial charge in [-0.05, 0) is 19.8 Å². The van der Waals surface area contributed by atoms with Crippen LogP contribution in [0.25, 0.3) is 11.0 Å². The number of piperazine rings is 1. The van der Waals surface area contributed by atoms with Gasteiger partial charge in [0, 0.05) is 26.7 Å². The van der Waals surface area contributed by atoms with Crippen molar-refractivity contribution in [1.29, 1.82) is 0 Å². The van der Waals surface area contributed by atoms with E-state index < -0.39 is 0 Å². The molecule has 1 saturated heterocycles. The Labute approximate surface area is 136 Å². The highest BCUT2D eigenvalue weighted by atomic mass is 16.2. The standard InChI is InChI=1S/C16H24N6O/c1-10(2)9-21-6-7-22(11(3)16(21)23)15-13-8-17-20(5)14(13)18-12(4)19-15/h8,10-11H,6-7,9H2,1-5H3/t11-/m1/s1. The number of rotatable bonds is 3. The van der Waals surface area contributed by atoms with E-state index in [0.717, 1.165) is 36.5 Å². The Morgan fingerprint density at radius 2 is 2.04 bits per heavy atom. The largest absolute Gasteiger partial charge is 0.342 e. The molecule has 0 saturated carbocycles. The highest BCUT2D eigenvalue weighted by Crippen LogP contribution is 2.27. The number of hydrogen-bond acceptors (Lipinski definition) is 5. The molecule has 0 spiro atoms. The lowest BCUT2D eigenvalue weighted by Crippen LogP contribution is -2.57. The summed E-state index contributed by atoms with van der Waals surface area (Å²) in [4.78, 5) is 25.8. The molecule has 2 aromatic heterocycles. The van der Waals surface area contributed by atoms with Gasteiger partial charge in [-0.2, -0.15) is 5.10 Å². The lowest BCUT2D eigenvalue weighted by Gasteiger charge is -2.40. The summed E-state index contributed by atoms with van der Waals surface area (Å²) in [6, 6.07) is -0.222. The Bertz CT molecular complexity index is 737. The van der Waals surface area contributed by atoms with E-state index in [1.54, 1.807) is 10.9 Å². The molecule has 1 atom stereocenters. The van der Waals surface area contributed by atoms with Crippen LogP contribution in [0.1, 0.15) is 26.6 Å². The maximum atomic E-state index is 12.7. The number of aromatic nitrogens is 4. The zero-order valence-corrected chi connectivity index (χ0v) is 14.4. The molecule has 124 valence electrons. The van der Waals surface area contributed by atoms with E-state index in [2.05, 4.69) is 33.8 Å². The van der Waals surface area contributed by atoms with Crippen LogP contribution >= 0.6 is 0 Å². The molecule has 0 unspecified atom stereocenters. The Hall–Kier alpha value is -2.18. The Balaban J connectivity index is 1.96. The number of aryl methyl sites for hydroxylation is 2. The number of nitrogens with zero attached hydrogens (tertiary/aromatic N) is 6. The summed E-state index contributed by atoms with van der Waals surface area (Å²) in [7, 11) is 1.87. The second-order valence-electron chi connectivity index (χ2n) is 6.65. The van der Waals surface area contributed by atoms with Gasteiger partial charge in [-0.3, -0.25) is 9.48 Å². The van der Waals surface area contributed by atoms with E-state index in [4.69, 9.17) is 0 Å². The minimum Gasteiger partial charge on any atom is -0.342 e. The van der Waals surface area contributed by atoms with E-state index in [1.807, 2.05) is 25.8 Å². The molecule has 0 radical (unpaired) electrons. The van der Waals surface area contributed by atoms with Crippen LogP contribution in [0, 0.1) is 12.8 Å². The zero-order valence-electron chi connectivity index (χ0n) is 14.4. The van der Waals surface area contributed by atoms with E-state index in [1.165, 1.54) is 0 Å². The highest BCUT2D eigenvalue weighted by Gasteiger charge is 2.33. The number of amides is 1. The Morgan fingerprint density at radius 3 is 2.74 bits per heavy atom. The normalized spacial score (nSPS) is 19.2. The first-order chi connectivity index (χ1) is 10.9. The van der Waals surface area contributed by atoms with Crippen molar-refractivity contribution < 1.29 is 4.79 Å². The third-order valence-corrected chi connectivity index (χ3v) is 4.29. The molecule has 7 heteroatoms. The monoisotopic (exact) mass is 316 g/mol. The van der Waals surface area contributed by atoms with Crippen LogP contribution < -0.4 is 4.90 Å². The molecule has 1 aliphatic rings. The number of fused-ring (bicyclic) bond motifs is 1. The summed E-state index contributed by atoms with van der Waals surface area (Å²) >= 11 is 0. The molecule has 1 amide bonds. The third-order valence-electron chi connectivity index (χ3n) is 4.29. The molecule has 23 heavy (non-hydrogen) atoms. The minimum absolute atomic E-state index is 0.165. The topological polar surface area (TPSA) is 67.2 Å². The minimum atomic E-state index is -0.222. The lowest BCUT2D eigenvalue weighted by molar-refractivity contribution is -0.134. The van der Waals surface area contributed by atoms with Gasteiger partial charge >= 0.3 is 0 Å². The highest BCUT2D eigenvalue weighted by molar-refractivity contribution is 5.92. The van der Waals surface area contributed by atoms with Crippen molar-refractivity contribution in [3.05, 3.63) is 12.0 Å². The zero-order chi connectivity index (χ0) is 16.7. The third kappa shape index (κ3) is 2.75. The fourth-order valence-corrected chi connectivity index (χ4v) is 3.17. The second-order valence-corrected chi connectivity index (χ2v) is 6.65. The van der Waals surface area contributed by atoms with Crippen molar-refractivity contribution in [3.63, 3.8) is 0 Å². The fourth-order valence-electron chi connectivity index (χ4n) is 3.17. The van der Waals surface area contributed by atoms with E-state index in [-0.39, 0.29) is 11.9 Å². The van der Waals surface area contributed by atoms with Gasteiger partial charge < -0.3 is 9.80 Å². The Morgan fingerprint density at radius 1 is 1.30 bits per heavy atom. The second kappa shape index (κ2) is 5.79. The van der Waals surface area contributed by atoms with Gasteiger partial charge in [0.05, 0.1) is 11.6 Å². The van der Waals surface area contributed by atoms with Crippen molar-refractivity contribution in [2.45, 2.75) is 33.7 Å². The summed E-state index contributed by atoms with van der Waals surface area (Å²) in [5.74, 6) is 2.15. The van der Waals surface area contributed by atoms with Crippen LogP contribution in [0.3, 0.4) is 0 Å². The van der Waals surface area contributed by atoms with Gasteiger partial charge in [0.1, 0.15) is 17.7 Å². The SMILES string of the molecule is Cc1nc(N2CCN(CC(C)C)C(=O)[C@H]2C)c2cnn(C)c2n1. The van der Waals surface area contributed by atoms with Crippen LogP contribution in [0.15, 0.2) is 6.20 Å². The molecule has 0 aliphatic carbocycles. The molecule has 1 aliphatic heterocycles. The number of carbonyl (C=O) groups excluding carboxylic acids is 1. The van der Waals surface area contributed by atoms with Gasteiger partial charge in [-0.25, -0.2) is 9.97 Å². The quantitative estimate of drug-likeness (QED) is 0.855. The van der Waals surface area contributed by atoms with Crippen molar-refractivity contribution in [3.8, 4) is 0 Å². The van der Waals surface area contributed by atoms with Crippen LogP contribution in [0.5, 0.6) is 0 Å². The number of hydrogen-bond donors (Lipinski definition) is 0. The molecular weight excluding hydrogens is 292 g/mol. The first-order valence-electron chi connectivity index (χ1n) is 8.10. The summed E-state index contributed by atoms with van der Waals surface area (Å²) in [5.41, 5.74) is 0.803. The van der Waals surface area contributed by atoms with Crippen LogP contribution in [-0.4, -0.2) is 56.2 Å². The van der Waals surface area contributed by atoms with Gasteiger partial charge in [-0.15, -0.1) is 0 Å². The van der Waals surface area contributed by atoms with E-state index in [9.17, 15) is 4.79 Å². The molecule has 0 aromatic carbocycles. The average Bonchev–Trinajstić information content (AvgIpc) is 2.85. The summed E-state index contributed by atoms with van der Waals surface area (Å²) in [5, 5.41) is 5.18. The van der Waals surface area contributed by atoms with E-state index in [0.29, 0.717) is 11.7 Å². The smallest absolute Gasteiger partial charge is 0.245 e. The molecular formula is C16H24N6O. The maximum absolute atomic E-state index is 12.7. The van der Waals surface area contributed by atoms with Crippen molar-refractivity contribution in [2.75, 3.05) is 24.5 Å². The van der Waals surface area contributed by atoms with Gasteiger partial charge in [0.25, 0.3) is 0 Å². The molecule has 3 rings (SSSR count). The van der Waals surface area contributed by atoms with Gasteiger partial charge in [-0.1, -0.05) is 13.8 Å².